The SMILES string of the molecule is COc1cnc(NS(C)(=O)=O)cc1/C=C/C1(F)CCC(C(F)(F)F)CC1. The van der Waals surface area contributed by atoms with Gasteiger partial charge in [0.25, 0.3) is 0 Å². The van der Waals surface area contributed by atoms with Gasteiger partial charge in [0.1, 0.15) is 17.2 Å². The molecule has 5 nitrogen and oxygen atoms in total. The standard InChI is InChI=1S/C16H20F4N2O3S/c1-25-13-10-21-14(22-26(2,23)24)9-11(13)3-6-15(17)7-4-12(5-8-15)16(18,19)20/h3,6,9-10,12H,4-5,7-8H2,1-2H3,(H,21,22)/b6-3+. The molecule has 0 bridgehead atoms. The first kappa shape index (κ1) is 20.5. The van der Waals surface area contributed by atoms with Gasteiger partial charge in [-0.2, -0.15) is 13.2 Å². The summed E-state index contributed by atoms with van der Waals surface area (Å²) in [6, 6.07) is 1.36. The lowest BCUT2D eigenvalue weighted by atomic mass is 9.79. The summed E-state index contributed by atoms with van der Waals surface area (Å²) in [5.41, 5.74) is -1.48. The average Bonchev–Trinajstić information content (AvgIpc) is 2.51. The van der Waals surface area contributed by atoms with E-state index in [0.717, 1.165) is 6.26 Å². The van der Waals surface area contributed by atoms with Crippen LogP contribution in [0.1, 0.15) is 31.2 Å². The highest BCUT2D eigenvalue weighted by molar-refractivity contribution is 7.92. The number of anilines is 1. The lowest BCUT2D eigenvalue weighted by molar-refractivity contribution is -0.186. The maximum atomic E-state index is 14.8. The minimum Gasteiger partial charge on any atom is -0.495 e. The van der Waals surface area contributed by atoms with Crippen LogP contribution in [0.25, 0.3) is 6.08 Å². The molecule has 146 valence electrons. The molecule has 1 aromatic rings. The Morgan fingerprint density at radius 2 is 1.96 bits per heavy atom. The molecule has 0 atom stereocenters. The Bertz CT molecular complexity index is 770. The number of aromatic nitrogens is 1. The van der Waals surface area contributed by atoms with Crippen LogP contribution in [-0.4, -0.2) is 38.6 Å². The van der Waals surface area contributed by atoms with Crippen molar-refractivity contribution in [1.29, 1.82) is 0 Å². The summed E-state index contributed by atoms with van der Waals surface area (Å²) in [7, 11) is -2.17. The summed E-state index contributed by atoms with van der Waals surface area (Å²) in [4.78, 5) is 3.88. The molecule has 0 saturated heterocycles. The van der Waals surface area contributed by atoms with E-state index in [1.54, 1.807) is 0 Å². The predicted octanol–water partition coefficient (Wildman–Crippen LogP) is 3.94. The first-order valence-electron chi connectivity index (χ1n) is 7.88. The molecule has 26 heavy (non-hydrogen) atoms. The summed E-state index contributed by atoms with van der Waals surface area (Å²) in [6.45, 7) is 0. The van der Waals surface area contributed by atoms with E-state index in [-0.39, 0.29) is 37.3 Å². The van der Waals surface area contributed by atoms with E-state index in [9.17, 15) is 26.0 Å². The third-order valence-electron chi connectivity index (χ3n) is 4.25. The van der Waals surface area contributed by atoms with Gasteiger partial charge in [-0.1, -0.05) is 6.08 Å². The minimum absolute atomic E-state index is 0.0293. The van der Waals surface area contributed by atoms with Gasteiger partial charge in [0, 0.05) is 5.56 Å². The molecular formula is C16H20F4N2O3S. The van der Waals surface area contributed by atoms with Crippen molar-refractivity contribution in [3.8, 4) is 5.75 Å². The lowest BCUT2D eigenvalue weighted by Crippen LogP contribution is -2.34. The first-order valence-corrected chi connectivity index (χ1v) is 9.78. The highest BCUT2D eigenvalue weighted by Crippen LogP contribution is 2.43. The fraction of sp³-hybridized carbons (Fsp3) is 0.562. The van der Waals surface area contributed by atoms with Crippen molar-refractivity contribution in [2.24, 2.45) is 5.92 Å². The number of ether oxygens (including phenoxy) is 1. The maximum absolute atomic E-state index is 14.8. The number of sulfonamides is 1. The van der Waals surface area contributed by atoms with Crippen LogP contribution in [0.5, 0.6) is 5.75 Å². The first-order chi connectivity index (χ1) is 11.9. The van der Waals surface area contributed by atoms with Crippen LogP contribution in [0, 0.1) is 5.92 Å². The molecule has 1 aliphatic rings. The van der Waals surface area contributed by atoms with Gasteiger partial charge in [0.2, 0.25) is 10.0 Å². The second kappa shape index (κ2) is 7.42. The van der Waals surface area contributed by atoms with Gasteiger partial charge in [-0.25, -0.2) is 17.8 Å². The third-order valence-corrected chi connectivity index (χ3v) is 4.83. The number of alkyl halides is 4. The number of nitrogens with zero attached hydrogens (tertiary/aromatic N) is 1. The van der Waals surface area contributed by atoms with Gasteiger partial charge in [-0.3, -0.25) is 4.72 Å². The molecule has 10 heteroatoms. The highest BCUT2D eigenvalue weighted by atomic mass is 32.2. The lowest BCUT2D eigenvalue weighted by Gasteiger charge is -2.32. The Morgan fingerprint density at radius 3 is 2.46 bits per heavy atom. The van der Waals surface area contributed by atoms with E-state index in [4.69, 9.17) is 4.74 Å². The Balaban J connectivity index is 2.17. The minimum atomic E-state index is -4.30. The van der Waals surface area contributed by atoms with Crippen molar-refractivity contribution >= 4 is 21.9 Å². The zero-order valence-corrected chi connectivity index (χ0v) is 15.1. The molecular weight excluding hydrogens is 376 g/mol. The normalized spacial score (nSPS) is 24.6. The maximum Gasteiger partial charge on any atom is 0.391 e. The summed E-state index contributed by atoms with van der Waals surface area (Å²) in [5, 5.41) is 0. The van der Waals surface area contributed by atoms with E-state index < -0.39 is 27.8 Å². The zero-order chi connectivity index (χ0) is 19.6. The molecule has 0 spiro atoms. The third kappa shape index (κ3) is 5.58. The average molecular weight is 396 g/mol. The molecule has 0 aromatic carbocycles. The number of halogens is 4. The van der Waals surface area contributed by atoms with Crippen molar-refractivity contribution in [2.45, 2.75) is 37.5 Å². The molecule has 0 aliphatic heterocycles. The fourth-order valence-electron chi connectivity index (χ4n) is 2.84. The van der Waals surface area contributed by atoms with Crippen molar-refractivity contribution in [3.05, 3.63) is 23.9 Å². The van der Waals surface area contributed by atoms with Crippen LogP contribution in [0.4, 0.5) is 23.4 Å². The quantitative estimate of drug-likeness (QED) is 0.766. The molecule has 0 unspecified atom stereocenters. The molecule has 2 rings (SSSR count). The fourth-order valence-corrected chi connectivity index (χ4v) is 3.33. The number of methoxy groups -OCH3 is 1. The Morgan fingerprint density at radius 1 is 1.35 bits per heavy atom. The van der Waals surface area contributed by atoms with Gasteiger partial charge in [0.05, 0.1) is 25.5 Å². The van der Waals surface area contributed by atoms with Crippen molar-refractivity contribution in [3.63, 3.8) is 0 Å². The van der Waals surface area contributed by atoms with E-state index in [2.05, 4.69) is 9.71 Å². The van der Waals surface area contributed by atoms with Gasteiger partial charge >= 0.3 is 6.18 Å². The molecule has 1 saturated carbocycles. The molecule has 0 amide bonds. The van der Waals surface area contributed by atoms with Crippen LogP contribution in [-0.2, 0) is 10.0 Å². The zero-order valence-electron chi connectivity index (χ0n) is 14.3. The van der Waals surface area contributed by atoms with Gasteiger partial charge < -0.3 is 4.74 Å². The van der Waals surface area contributed by atoms with Crippen molar-refractivity contribution in [2.75, 3.05) is 18.1 Å². The summed E-state index contributed by atoms with van der Waals surface area (Å²) >= 11 is 0. The summed E-state index contributed by atoms with van der Waals surface area (Å²) < 4.78 is 82.8. The van der Waals surface area contributed by atoms with Gasteiger partial charge in [-0.05, 0) is 37.8 Å². The largest absolute Gasteiger partial charge is 0.495 e. The predicted molar refractivity (Wildman–Crippen MR) is 90.1 cm³/mol. The number of pyridine rings is 1. The van der Waals surface area contributed by atoms with E-state index in [1.807, 2.05) is 0 Å². The van der Waals surface area contributed by atoms with E-state index >= 15 is 0 Å². The topological polar surface area (TPSA) is 68.3 Å². The van der Waals surface area contributed by atoms with Crippen LogP contribution in [0.3, 0.4) is 0 Å². The van der Waals surface area contributed by atoms with Crippen LogP contribution in [0.15, 0.2) is 18.3 Å². The molecule has 1 N–H and O–H groups in total. The second-order valence-electron chi connectivity index (χ2n) is 6.37. The van der Waals surface area contributed by atoms with Crippen molar-refractivity contribution in [1.82, 2.24) is 4.98 Å². The van der Waals surface area contributed by atoms with E-state index in [0.29, 0.717) is 5.56 Å². The Kier molecular flexibility index (Phi) is 5.84. The number of nitrogens with one attached hydrogen (secondary N) is 1. The molecule has 1 fully saturated rings. The molecule has 0 radical (unpaired) electrons. The smallest absolute Gasteiger partial charge is 0.391 e. The molecule has 1 heterocycles. The van der Waals surface area contributed by atoms with Crippen LogP contribution < -0.4 is 9.46 Å². The Labute approximate surface area is 149 Å². The van der Waals surface area contributed by atoms with Crippen LogP contribution >= 0.6 is 0 Å². The number of hydrogen-bond acceptors (Lipinski definition) is 4. The number of hydrogen-bond donors (Lipinski definition) is 1. The summed E-state index contributed by atoms with van der Waals surface area (Å²) in [5.74, 6) is -1.16. The molecule has 1 aromatic heterocycles. The van der Waals surface area contributed by atoms with Crippen LogP contribution in [0.2, 0.25) is 0 Å². The van der Waals surface area contributed by atoms with Gasteiger partial charge in [-0.15, -0.1) is 0 Å². The highest BCUT2D eigenvalue weighted by Gasteiger charge is 2.45. The number of allylic oxidation sites excluding steroid dienone is 1. The molecule has 1 aliphatic carbocycles. The Hall–Kier alpha value is -1.84. The van der Waals surface area contributed by atoms with E-state index in [1.165, 1.54) is 31.5 Å². The van der Waals surface area contributed by atoms with Crippen molar-refractivity contribution < 1.29 is 30.7 Å². The summed E-state index contributed by atoms with van der Waals surface area (Å²) in [6.07, 6.45) is -0.458. The second-order valence-corrected chi connectivity index (χ2v) is 8.12. The monoisotopic (exact) mass is 396 g/mol. The van der Waals surface area contributed by atoms with Gasteiger partial charge in [0.15, 0.2) is 0 Å². The number of rotatable bonds is 5.